The van der Waals surface area contributed by atoms with E-state index in [2.05, 4.69) is 15.8 Å². The van der Waals surface area contributed by atoms with Crippen LogP contribution in [-0.4, -0.2) is 13.4 Å². The highest BCUT2D eigenvalue weighted by Gasteiger charge is 2.14. The van der Waals surface area contributed by atoms with Crippen LogP contribution in [0, 0.1) is 11.3 Å². The van der Waals surface area contributed by atoms with E-state index in [9.17, 15) is 8.42 Å². The monoisotopic (exact) mass is 405 g/mol. The number of rotatable bonds is 5. The van der Waals surface area contributed by atoms with Crippen molar-refractivity contribution in [3.63, 3.8) is 0 Å². The summed E-state index contributed by atoms with van der Waals surface area (Å²) in [6, 6.07) is 23.1. The van der Waals surface area contributed by atoms with Gasteiger partial charge < -0.3 is 0 Å². The van der Waals surface area contributed by atoms with Gasteiger partial charge in [0, 0.05) is 12.1 Å². The van der Waals surface area contributed by atoms with Crippen molar-refractivity contribution in [1.82, 2.24) is 4.98 Å². The molecule has 0 aliphatic heterocycles. The van der Waals surface area contributed by atoms with Crippen LogP contribution in [0.15, 0.2) is 77.7 Å². The van der Waals surface area contributed by atoms with Crippen molar-refractivity contribution in [1.29, 1.82) is 5.26 Å². The lowest BCUT2D eigenvalue weighted by Crippen LogP contribution is -2.13. The highest BCUT2D eigenvalue weighted by molar-refractivity contribution is 7.92. The molecule has 0 saturated heterocycles. The van der Waals surface area contributed by atoms with E-state index >= 15 is 0 Å². The molecule has 0 unspecified atom stereocenters. The summed E-state index contributed by atoms with van der Waals surface area (Å²) >= 11 is 1.66. The van der Waals surface area contributed by atoms with Gasteiger partial charge in [-0.25, -0.2) is 13.4 Å². The Morgan fingerprint density at radius 2 is 1.79 bits per heavy atom. The third-order valence-electron chi connectivity index (χ3n) is 4.17. The lowest BCUT2D eigenvalue weighted by atomic mass is 10.1. The van der Waals surface area contributed by atoms with E-state index in [1.807, 2.05) is 36.4 Å². The molecular weight excluding hydrogens is 390 g/mol. The number of hydrogen-bond donors (Lipinski definition) is 1. The number of fused-ring (bicyclic) bond motifs is 1. The van der Waals surface area contributed by atoms with E-state index in [4.69, 9.17) is 5.26 Å². The van der Waals surface area contributed by atoms with Gasteiger partial charge in [0.2, 0.25) is 0 Å². The molecule has 1 heterocycles. The van der Waals surface area contributed by atoms with Crippen molar-refractivity contribution < 1.29 is 8.42 Å². The molecule has 0 bridgehead atoms. The Labute approximate surface area is 167 Å². The summed E-state index contributed by atoms with van der Waals surface area (Å²) in [5.74, 6) is 0. The van der Waals surface area contributed by atoms with Crippen LogP contribution in [0.5, 0.6) is 0 Å². The van der Waals surface area contributed by atoms with Gasteiger partial charge in [0.05, 0.1) is 31.8 Å². The van der Waals surface area contributed by atoms with Gasteiger partial charge in [0.25, 0.3) is 10.0 Å². The van der Waals surface area contributed by atoms with E-state index in [0.717, 1.165) is 20.8 Å². The quantitative estimate of drug-likeness (QED) is 0.528. The summed E-state index contributed by atoms with van der Waals surface area (Å²) in [7, 11) is -3.75. The molecular formula is C21H15N3O2S2. The minimum atomic E-state index is -3.75. The average molecular weight is 406 g/mol. The first kappa shape index (κ1) is 18.2. The third kappa shape index (κ3) is 3.88. The minimum absolute atomic E-state index is 0.0603. The van der Waals surface area contributed by atoms with E-state index in [-0.39, 0.29) is 4.90 Å². The number of hydrogen-bond acceptors (Lipinski definition) is 5. The van der Waals surface area contributed by atoms with Gasteiger partial charge in [-0.2, -0.15) is 5.26 Å². The summed E-state index contributed by atoms with van der Waals surface area (Å²) in [5, 5.41) is 9.96. The maximum Gasteiger partial charge on any atom is 0.261 e. The van der Waals surface area contributed by atoms with Crippen LogP contribution in [0.3, 0.4) is 0 Å². The number of benzene rings is 3. The summed E-state index contributed by atoms with van der Waals surface area (Å²) in [4.78, 5) is 4.69. The number of nitriles is 1. The Morgan fingerprint density at radius 1 is 1.00 bits per heavy atom. The molecule has 1 N–H and O–H groups in total. The van der Waals surface area contributed by atoms with Gasteiger partial charge in [0.15, 0.2) is 0 Å². The molecule has 0 atom stereocenters. The van der Waals surface area contributed by atoms with Gasteiger partial charge in [-0.3, -0.25) is 4.72 Å². The molecule has 0 saturated carbocycles. The summed E-state index contributed by atoms with van der Waals surface area (Å²) < 4.78 is 28.7. The molecule has 0 aliphatic carbocycles. The van der Waals surface area contributed by atoms with Crippen molar-refractivity contribution in [3.05, 3.63) is 88.9 Å². The second kappa shape index (κ2) is 7.43. The first-order valence-electron chi connectivity index (χ1n) is 8.50. The van der Waals surface area contributed by atoms with Crippen LogP contribution < -0.4 is 4.72 Å². The molecule has 4 aromatic rings. The molecule has 0 fully saturated rings. The Bertz CT molecular complexity index is 1250. The van der Waals surface area contributed by atoms with Gasteiger partial charge in [-0.05, 0) is 48.0 Å². The highest BCUT2D eigenvalue weighted by atomic mass is 32.2. The lowest BCUT2D eigenvalue weighted by Gasteiger charge is -2.09. The summed E-state index contributed by atoms with van der Waals surface area (Å²) in [5.41, 5.74) is 2.81. The Morgan fingerprint density at radius 3 is 2.54 bits per heavy atom. The molecule has 0 aliphatic rings. The van der Waals surface area contributed by atoms with E-state index in [0.29, 0.717) is 17.7 Å². The van der Waals surface area contributed by atoms with Crippen LogP contribution in [0.2, 0.25) is 0 Å². The first-order valence-corrected chi connectivity index (χ1v) is 10.8. The summed E-state index contributed by atoms with van der Waals surface area (Å²) in [6.07, 6.45) is 0.691. The van der Waals surface area contributed by atoms with Crippen LogP contribution in [0.25, 0.3) is 10.2 Å². The number of aromatic nitrogens is 1. The molecule has 5 nitrogen and oxygen atoms in total. The zero-order chi connectivity index (χ0) is 19.6. The fourth-order valence-corrected chi connectivity index (χ4v) is 4.91. The predicted molar refractivity (Wildman–Crippen MR) is 111 cm³/mol. The topological polar surface area (TPSA) is 82.8 Å². The van der Waals surface area contributed by atoms with Crippen LogP contribution in [0.4, 0.5) is 5.69 Å². The minimum Gasteiger partial charge on any atom is -0.280 e. The largest absolute Gasteiger partial charge is 0.280 e. The Balaban J connectivity index is 1.50. The maximum absolute atomic E-state index is 12.5. The van der Waals surface area contributed by atoms with Gasteiger partial charge in [-0.15, -0.1) is 11.3 Å². The predicted octanol–water partition coefficient (Wildman–Crippen LogP) is 4.56. The molecule has 7 heteroatoms. The second-order valence-electron chi connectivity index (χ2n) is 6.19. The Kier molecular flexibility index (Phi) is 4.82. The summed E-state index contributed by atoms with van der Waals surface area (Å²) in [6.45, 7) is 0. The van der Waals surface area contributed by atoms with Crippen molar-refractivity contribution in [2.45, 2.75) is 11.3 Å². The molecule has 138 valence electrons. The normalized spacial score (nSPS) is 11.2. The average Bonchev–Trinajstić information content (AvgIpc) is 3.11. The molecule has 0 spiro atoms. The zero-order valence-corrected chi connectivity index (χ0v) is 16.3. The number of nitrogens with zero attached hydrogens (tertiary/aromatic N) is 2. The van der Waals surface area contributed by atoms with Gasteiger partial charge >= 0.3 is 0 Å². The molecule has 1 aromatic heterocycles. The number of anilines is 1. The molecule has 4 rings (SSSR count). The highest BCUT2D eigenvalue weighted by Crippen LogP contribution is 2.24. The van der Waals surface area contributed by atoms with E-state index < -0.39 is 10.0 Å². The third-order valence-corrected chi connectivity index (χ3v) is 6.59. The van der Waals surface area contributed by atoms with Crippen molar-refractivity contribution in [2.24, 2.45) is 0 Å². The van der Waals surface area contributed by atoms with E-state index in [1.54, 1.807) is 35.6 Å². The van der Waals surface area contributed by atoms with Crippen molar-refractivity contribution in [3.8, 4) is 6.07 Å². The molecule has 0 amide bonds. The van der Waals surface area contributed by atoms with Crippen molar-refractivity contribution in [2.75, 3.05) is 4.72 Å². The van der Waals surface area contributed by atoms with Gasteiger partial charge in [0.1, 0.15) is 0 Å². The van der Waals surface area contributed by atoms with E-state index in [1.165, 1.54) is 12.1 Å². The SMILES string of the molecule is N#Cc1cccc(S(=O)(=O)Nc2ccc(Cc3nc4ccccc4s3)cc2)c1. The lowest BCUT2D eigenvalue weighted by molar-refractivity contribution is 0.601. The van der Waals surface area contributed by atoms with Gasteiger partial charge in [-0.1, -0.05) is 30.3 Å². The molecule has 0 radical (unpaired) electrons. The first-order chi connectivity index (χ1) is 13.5. The van der Waals surface area contributed by atoms with Crippen LogP contribution >= 0.6 is 11.3 Å². The Hall–Kier alpha value is -3.21. The fraction of sp³-hybridized carbons (Fsp3) is 0.0476. The number of nitrogens with one attached hydrogen (secondary N) is 1. The maximum atomic E-state index is 12.5. The van der Waals surface area contributed by atoms with Crippen molar-refractivity contribution >= 4 is 37.3 Å². The standard InChI is InChI=1S/C21H15N3O2S2/c22-14-16-4-3-5-18(12-16)28(25,26)24-17-10-8-15(9-11-17)13-21-23-19-6-1-2-7-20(19)27-21/h1-12,24H,13H2. The van der Waals surface area contributed by atoms with Crippen LogP contribution in [0.1, 0.15) is 16.1 Å². The second-order valence-corrected chi connectivity index (χ2v) is 8.99. The molecule has 28 heavy (non-hydrogen) atoms. The zero-order valence-electron chi connectivity index (χ0n) is 14.7. The number of thiazole rings is 1. The fourth-order valence-electron chi connectivity index (χ4n) is 2.81. The van der Waals surface area contributed by atoms with Crippen LogP contribution in [-0.2, 0) is 16.4 Å². The number of sulfonamides is 1. The smallest absolute Gasteiger partial charge is 0.261 e. The number of para-hydroxylation sites is 1. The molecule has 3 aromatic carbocycles.